The van der Waals surface area contributed by atoms with Crippen molar-refractivity contribution in [2.45, 2.75) is 44.6 Å². The molecule has 3 amide bonds. The summed E-state index contributed by atoms with van der Waals surface area (Å²) in [7, 11) is 8.23. The standard InChI is InChI=1S/C30H47N5O6/c1-6-7-12-32(13-8-17-35(3,4)5)27(36)20-34-19-23(22-9-10-25-26(18-22)41-21-40-25)28(29(37)38)24(34)11-14-33-16-15-31(2)30(33)39/h9-10,18,23-24,28H,6-8,11-17,19-21H2,1-5H3/p+1. The molecule has 41 heavy (non-hydrogen) atoms. The number of likely N-dealkylation sites (N-methyl/N-ethyl adjacent to an activating group) is 1. The molecule has 4 rings (SSSR count). The van der Waals surface area contributed by atoms with Crippen molar-refractivity contribution in [3.8, 4) is 11.5 Å². The molecule has 2 fully saturated rings. The highest BCUT2D eigenvalue weighted by Gasteiger charge is 2.47. The molecule has 3 aliphatic heterocycles. The Bertz CT molecular complexity index is 1090. The van der Waals surface area contributed by atoms with Crippen molar-refractivity contribution in [1.29, 1.82) is 0 Å². The summed E-state index contributed by atoms with van der Waals surface area (Å²) in [6.45, 7) is 6.98. The summed E-state index contributed by atoms with van der Waals surface area (Å²) in [5.41, 5.74) is 0.865. The average Bonchev–Trinajstić information content (AvgIpc) is 3.61. The van der Waals surface area contributed by atoms with Gasteiger partial charge in [0.2, 0.25) is 12.7 Å². The Morgan fingerprint density at radius 2 is 1.83 bits per heavy atom. The zero-order valence-electron chi connectivity index (χ0n) is 25.4. The molecule has 0 aromatic heterocycles. The number of hydrogen-bond donors (Lipinski definition) is 1. The lowest BCUT2D eigenvalue weighted by Crippen LogP contribution is -2.46. The second kappa shape index (κ2) is 13.3. The number of carbonyl (C=O) groups is 3. The zero-order chi connectivity index (χ0) is 29.7. The Morgan fingerprint density at radius 3 is 2.49 bits per heavy atom. The van der Waals surface area contributed by atoms with Crippen LogP contribution in [0.25, 0.3) is 0 Å². The van der Waals surface area contributed by atoms with E-state index in [9.17, 15) is 19.5 Å². The van der Waals surface area contributed by atoms with E-state index < -0.39 is 11.9 Å². The lowest BCUT2D eigenvalue weighted by atomic mass is 9.84. The molecule has 3 aliphatic rings. The molecule has 0 bridgehead atoms. The third-order valence-electron chi connectivity index (χ3n) is 8.58. The molecule has 11 nitrogen and oxygen atoms in total. The molecular weight excluding hydrogens is 526 g/mol. The first-order valence-electron chi connectivity index (χ1n) is 14.9. The number of quaternary nitrogens is 1. The van der Waals surface area contributed by atoms with E-state index in [4.69, 9.17) is 9.47 Å². The molecule has 0 spiro atoms. The average molecular weight is 575 g/mol. The molecule has 11 heteroatoms. The van der Waals surface area contributed by atoms with Gasteiger partial charge in [0.25, 0.3) is 0 Å². The minimum absolute atomic E-state index is 0.0344. The Kier molecular flexibility index (Phi) is 10.0. The molecule has 3 heterocycles. The minimum Gasteiger partial charge on any atom is -0.481 e. The number of carbonyl (C=O) groups excluding carboxylic acids is 2. The number of urea groups is 1. The molecule has 0 radical (unpaired) electrons. The molecule has 3 atom stereocenters. The smallest absolute Gasteiger partial charge is 0.319 e. The van der Waals surface area contributed by atoms with Gasteiger partial charge >= 0.3 is 12.0 Å². The molecule has 0 saturated carbocycles. The molecular formula is C30H48N5O6+. The van der Waals surface area contributed by atoms with Crippen LogP contribution in [0.1, 0.15) is 44.1 Å². The van der Waals surface area contributed by atoms with Gasteiger partial charge in [-0.05, 0) is 30.5 Å². The number of likely N-dealkylation sites (tertiary alicyclic amines) is 1. The fraction of sp³-hybridized carbons (Fsp3) is 0.700. The maximum Gasteiger partial charge on any atom is 0.319 e. The Morgan fingerprint density at radius 1 is 1.10 bits per heavy atom. The largest absolute Gasteiger partial charge is 0.481 e. The van der Waals surface area contributed by atoms with Crippen LogP contribution < -0.4 is 9.47 Å². The van der Waals surface area contributed by atoms with E-state index in [1.165, 1.54) is 0 Å². The number of nitrogens with zero attached hydrogens (tertiary/aromatic N) is 5. The topological polar surface area (TPSA) is 103 Å². The van der Waals surface area contributed by atoms with E-state index in [-0.39, 0.29) is 37.2 Å². The van der Waals surface area contributed by atoms with Crippen LogP contribution in [0.3, 0.4) is 0 Å². The van der Waals surface area contributed by atoms with Gasteiger partial charge in [-0.1, -0.05) is 19.4 Å². The fourth-order valence-electron chi connectivity index (χ4n) is 6.25. The summed E-state index contributed by atoms with van der Waals surface area (Å²) in [5.74, 6) is -0.619. The van der Waals surface area contributed by atoms with Gasteiger partial charge in [0, 0.05) is 64.7 Å². The molecule has 3 unspecified atom stereocenters. The number of hydrogen-bond acceptors (Lipinski definition) is 6. The second-order valence-electron chi connectivity index (χ2n) is 12.7. The van der Waals surface area contributed by atoms with Crippen molar-refractivity contribution < 1.29 is 33.4 Å². The molecule has 0 aliphatic carbocycles. The maximum atomic E-state index is 13.8. The number of aliphatic carboxylic acids is 1. The number of carboxylic acids is 1. The Hall–Kier alpha value is -3.05. The number of fused-ring (bicyclic) bond motifs is 1. The number of ether oxygens (including phenoxy) is 2. The third-order valence-corrected chi connectivity index (χ3v) is 8.58. The van der Waals surface area contributed by atoms with Crippen molar-refractivity contribution in [3.05, 3.63) is 23.8 Å². The summed E-state index contributed by atoms with van der Waals surface area (Å²) in [5, 5.41) is 10.5. The van der Waals surface area contributed by atoms with E-state index in [0.717, 1.165) is 35.9 Å². The van der Waals surface area contributed by atoms with Crippen LogP contribution in [0.2, 0.25) is 0 Å². The van der Waals surface area contributed by atoms with Gasteiger partial charge in [-0.25, -0.2) is 4.79 Å². The second-order valence-corrected chi connectivity index (χ2v) is 12.7. The Balaban J connectivity index is 1.55. The van der Waals surface area contributed by atoms with Gasteiger partial charge < -0.3 is 33.8 Å². The summed E-state index contributed by atoms with van der Waals surface area (Å²) < 4.78 is 11.9. The van der Waals surface area contributed by atoms with Crippen molar-refractivity contribution in [1.82, 2.24) is 19.6 Å². The first-order chi connectivity index (χ1) is 19.5. The summed E-state index contributed by atoms with van der Waals surface area (Å²) in [6.07, 6.45) is 3.32. The zero-order valence-corrected chi connectivity index (χ0v) is 25.4. The van der Waals surface area contributed by atoms with Crippen molar-refractivity contribution >= 4 is 17.9 Å². The summed E-state index contributed by atoms with van der Waals surface area (Å²) in [4.78, 5) is 46.6. The molecule has 1 N–H and O–H groups in total. The Labute approximate surface area is 244 Å². The van der Waals surface area contributed by atoms with Gasteiger partial charge in [-0.3, -0.25) is 14.5 Å². The van der Waals surface area contributed by atoms with E-state index in [1.54, 1.807) is 16.8 Å². The van der Waals surface area contributed by atoms with E-state index in [2.05, 4.69) is 33.0 Å². The van der Waals surface area contributed by atoms with Crippen LogP contribution in [0.4, 0.5) is 4.79 Å². The van der Waals surface area contributed by atoms with Gasteiger partial charge in [-0.2, -0.15) is 0 Å². The highest BCUT2D eigenvalue weighted by atomic mass is 16.7. The number of unbranched alkanes of at least 4 members (excludes halogenated alkanes) is 1. The quantitative estimate of drug-likeness (QED) is 0.341. The third kappa shape index (κ3) is 7.62. The highest BCUT2D eigenvalue weighted by molar-refractivity contribution is 5.79. The van der Waals surface area contributed by atoms with Crippen molar-refractivity contribution in [3.63, 3.8) is 0 Å². The lowest BCUT2D eigenvalue weighted by Gasteiger charge is -2.31. The highest BCUT2D eigenvalue weighted by Crippen LogP contribution is 2.42. The van der Waals surface area contributed by atoms with Crippen molar-refractivity contribution in [2.75, 3.05) is 87.3 Å². The van der Waals surface area contributed by atoms with Crippen LogP contribution in [-0.2, 0) is 9.59 Å². The van der Waals surface area contributed by atoms with Gasteiger partial charge in [-0.15, -0.1) is 0 Å². The first kappa shape index (κ1) is 30.9. The summed E-state index contributed by atoms with van der Waals surface area (Å²) in [6, 6.07) is 5.20. The first-order valence-corrected chi connectivity index (χ1v) is 14.9. The maximum absolute atomic E-state index is 13.8. The SMILES string of the molecule is CCCCN(CCC[N+](C)(C)C)C(=O)CN1CC(c2ccc3c(c2)OCO3)C(C(=O)O)C1CCN1CCN(C)C1=O. The lowest BCUT2D eigenvalue weighted by molar-refractivity contribution is -0.870. The summed E-state index contributed by atoms with van der Waals surface area (Å²) >= 11 is 0. The van der Waals surface area contributed by atoms with Gasteiger partial charge in [0.15, 0.2) is 11.5 Å². The van der Waals surface area contributed by atoms with Crippen molar-refractivity contribution in [2.24, 2.45) is 5.92 Å². The monoisotopic (exact) mass is 574 g/mol. The van der Waals surface area contributed by atoms with Gasteiger partial charge in [0.1, 0.15) is 0 Å². The normalized spacial score (nSPS) is 22.6. The van der Waals surface area contributed by atoms with Crippen LogP contribution >= 0.6 is 0 Å². The van der Waals surface area contributed by atoms with Crippen LogP contribution in [-0.4, -0.2) is 140 Å². The number of rotatable bonds is 14. The van der Waals surface area contributed by atoms with Crippen LogP contribution in [0.5, 0.6) is 11.5 Å². The molecule has 1 aromatic rings. The fourth-order valence-corrected chi connectivity index (χ4v) is 6.25. The molecule has 2 saturated heterocycles. The van der Waals surface area contributed by atoms with E-state index >= 15 is 0 Å². The minimum atomic E-state index is -0.886. The van der Waals surface area contributed by atoms with Crippen LogP contribution in [0.15, 0.2) is 18.2 Å². The van der Waals surface area contributed by atoms with E-state index in [0.29, 0.717) is 57.2 Å². The predicted octanol–water partition coefficient (Wildman–Crippen LogP) is 2.37. The van der Waals surface area contributed by atoms with Crippen LogP contribution in [0, 0.1) is 5.92 Å². The number of benzene rings is 1. The number of carboxylic acid groups (broad SMARTS) is 1. The molecule has 228 valence electrons. The van der Waals surface area contributed by atoms with Gasteiger partial charge in [0.05, 0.1) is 40.2 Å². The number of amides is 3. The molecule has 1 aromatic carbocycles. The predicted molar refractivity (Wildman–Crippen MR) is 155 cm³/mol. The van der Waals surface area contributed by atoms with E-state index in [1.807, 2.05) is 23.1 Å².